The largest absolute Gasteiger partial charge is 0.488 e. The maximum atomic E-state index is 10.8. The summed E-state index contributed by atoms with van der Waals surface area (Å²) in [6.45, 7) is 0.297. The molecule has 1 aromatic heterocycles. The molecule has 0 saturated heterocycles. The first-order valence-corrected chi connectivity index (χ1v) is 6.01. The quantitative estimate of drug-likeness (QED) is 0.943. The smallest absolute Gasteiger partial charge is 0.354 e. The van der Waals surface area contributed by atoms with E-state index in [9.17, 15) is 4.79 Å². The van der Waals surface area contributed by atoms with Crippen LogP contribution in [0, 0.1) is 0 Å². The lowest BCUT2D eigenvalue weighted by atomic mass is 10.2. The van der Waals surface area contributed by atoms with Crippen LogP contribution in [0.2, 0.25) is 0 Å². The van der Waals surface area contributed by atoms with Gasteiger partial charge in [0.1, 0.15) is 18.1 Å². The van der Waals surface area contributed by atoms with E-state index >= 15 is 0 Å². The topological polar surface area (TPSA) is 59.4 Å². The van der Waals surface area contributed by atoms with Crippen molar-refractivity contribution in [1.82, 2.24) is 4.98 Å². The Kier molecular flexibility index (Phi) is 3.94. The number of carbonyl (C=O) groups is 1. The van der Waals surface area contributed by atoms with Crippen LogP contribution in [-0.2, 0) is 6.61 Å². The Morgan fingerprint density at radius 1 is 1.33 bits per heavy atom. The van der Waals surface area contributed by atoms with Gasteiger partial charge in [-0.05, 0) is 45.8 Å². The normalized spacial score (nSPS) is 10.1. The Morgan fingerprint density at radius 2 is 2.11 bits per heavy atom. The Morgan fingerprint density at radius 3 is 2.83 bits per heavy atom. The molecule has 0 fully saturated rings. The Hall–Kier alpha value is -1.88. The first-order chi connectivity index (χ1) is 8.66. The van der Waals surface area contributed by atoms with Crippen molar-refractivity contribution in [3.8, 4) is 5.75 Å². The van der Waals surface area contributed by atoms with Crippen molar-refractivity contribution >= 4 is 21.9 Å². The van der Waals surface area contributed by atoms with E-state index in [1.165, 1.54) is 12.3 Å². The number of ether oxygens (including phenoxy) is 1. The molecule has 1 aromatic carbocycles. The molecular formula is C13H10BrNO3. The fraction of sp³-hybridized carbons (Fsp3) is 0.0769. The van der Waals surface area contributed by atoms with Crippen molar-refractivity contribution in [3.05, 3.63) is 58.3 Å². The van der Waals surface area contributed by atoms with Crippen LogP contribution in [0.15, 0.2) is 47.1 Å². The van der Waals surface area contributed by atoms with E-state index in [1.54, 1.807) is 6.07 Å². The van der Waals surface area contributed by atoms with E-state index in [4.69, 9.17) is 9.84 Å². The molecule has 0 amide bonds. The van der Waals surface area contributed by atoms with Gasteiger partial charge >= 0.3 is 5.97 Å². The van der Waals surface area contributed by atoms with Crippen LogP contribution < -0.4 is 4.74 Å². The molecule has 4 nitrogen and oxygen atoms in total. The molecule has 0 spiro atoms. The maximum Gasteiger partial charge on any atom is 0.354 e. The van der Waals surface area contributed by atoms with Gasteiger partial charge in [-0.25, -0.2) is 9.78 Å². The number of carboxylic acid groups (broad SMARTS) is 1. The van der Waals surface area contributed by atoms with E-state index in [-0.39, 0.29) is 5.69 Å². The third-order valence-corrected chi connectivity index (χ3v) is 2.93. The highest BCUT2D eigenvalue weighted by molar-refractivity contribution is 9.10. The lowest BCUT2D eigenvalue weighted by Crippen LogP contribution is -2.03. The zero-order chi connectivity index (χ0) is 13.0. The molecule has 0 radical (unpaired) electrons. The SMILES string of the molecule is O=C(O)c1cc(COc2ccccc2Br)ccn1. The van der Waals surface area contributed by atoms with Crippen LogP contribution in [-0.4, -0.2) is 16.1 Å². The Labute approximate surface area is 112 Å². The van der Waals surface area contributed by atoms with Crippen molar-refractivity contribution in [2.24, 2.45) is 0 Å². The van der Waals surface area contributed by atoms with E-state index < -0.39 is 5.97 Å². The van der Waals surface area contributed by atoms with Gasteiger partial charge in [0.05, 0.1) is 4.47 Å². The molecule has 0 saturated carbocycles. The minimum absolute atomic E-state index is 0.0169. The predicted octanol–water partition coefficient (Wildman–Crippen LogP) is 3.12. The molecular weight excluding hydrogens is 298 g/mol. The summed E-state index contributed by atoms with van der Waals surface area (Å²) in [5.41, 5.74) is 0.779. The Bertz CT molecular complexity index is 572. The van der Waals surface area contributed by atoms with E-state index in [0.717, 1.165) is 10.0 Å². The number of aromatic nitrogens is 1. The van der Waals surface area contributed by atoms with Crippen LogP contribution in [0.3, 0.4) is 0 Å². The molecule has 2 rings (SSSR count). The minimum Gasteiger partial charge on any atom is -0.488 e. The molecule has 0 aliphatic carbocycles. The lowest BCUT2D eigenvalue weighted by Gasteiger charge is -2.08. The summed E-state index contributed by atoms with van der Waals surface area (Å²) in [6, 6.07) is 10.7. The first kappa shape index (κ1) is 12.6. The van der Waals surface area contributed by atoms with Gasteiger partial charge in [0.25, 0.3) is 0 Å². The average Bonchev–Trinajstić information content (AvgIpc) is 2.38. The van der Waals surface area contributed by atoms with Gasteiger partial charge in [-0.3, -0.25) is 0 Å². The zero-order valence-corrected chi connectivity index (χ0v) is 10.9. The van der Waals surface area contributed by atoms with Crippen molar-refractivity contribution < 1.29 is 14.6 Å². The van der Waals surface area contributed by atoms with Gasteiger partial charge < -0.3 is 9.84 Å². The fourth-order valence-electron chi connectivity index (χ4n) is 1.40. The molecule has 1 N–H and O–H groups in total. The number of hydrogen-bond acceptors (Lipinski definition) is 3. The van der Waals surface area contributed by atoms with Crippen molar-refractivity contribution in [2.75, 3.05) is 0 Å². The third-order valence-electron chi connectivity index (χ3n) is 2.27. The van der Waals surface area contributed by atoms with E-state index in [1.807, 2.05) is 24.3 Å². The summed E-state index contributed by atoms with van der Waals surface area (Å²) < 4.78 is 6.45. The minimum atomic E-state index is -1.04. The van der Waals surface area contributed by atoms with Crippen LogP contribution in [0.4, 0.5) is 0 Å². The molecule has 0 bridgehead atoms. The van der Waals surface area contributed by atoms with E-state index in [2.05, 4.69) is 20.9 Å². The molecule has 1 heterocycles. The van der Waals surface area contributed by atoms with Gasteiger partial charge in [-0.1, -0.05) is 12.1 Å². The Balaban J connectivity index is 2.09. The second-order valence-corrected chi connectivity index (χ2v) is 4.43. The molecule has 0 aliphatic heterocycles. The number of halogens is 1. The highest BCUT2D eigenvalue weighted by Crippen LogP contribution is 2.24. The number of para-hydroxylation sites is 1. The molecule has 0 aliphatic rings. The molecule has 92 valence electrons. The zero-order valence-electron chi connectivity index (χ0n) is 9.34. The van der Waals surface area contributed by atoms with Gasteiger partial charge in [0.15, 0.2) is 0 Å². The number of pyridine rings is 1. The van der Waals surface area contributed by atoms with Gasteiger partial charge in [-0.15, -0.1) is 0 Å². The second kappa shape index (κ2) is 5.64. The number of carboxylic acids is 1. The molecule has 2 aromatic rings. The van der Waals surface area contributed by atoms with Crippen molar-refractivity contribution in [2.45, 2.75) is 6.61 Å². The predicted molar refractivity (Wildman–Crippen MR) is 69.7 cm³/mol. The third kappa shape index (κ3) is 3.07. The highest BCUT2D eigenvalue weighted by Gasteiger charge is 2.06. The van der Waals surface area contributed by atoms with Crippen LogP contribution in [0.1, 0.15) is 16.1 Å². The van der Waals surface area contributed by atoms with Crippen molar-refractivity contribution in [1.29, 1.82) is 0 Å². The lowest BCUT2D eigenvalue weighted by molar-refractivity contribution is 0.0690. The molecule has 0 atom stereocenters. The van der Waals surface area contributed by atoms with Crippen LogP contribution >= 0.6 is 15.9 Å². The fourth-order valence-corrected chi connectivity index (χ4v) is 1.80. The summed E-state index contributed by atoms with van der Waals surface area (Å²) in [4.78, 5) is 14.5. The van der Waals surface area contributed by atoms with Crippen LogP contribution in [0.25, 0.3) is 0 Å². The van der Waals surface area contributed by atoms with Crippen molar-refractivity contribution in [3.63, 3.8) is 0 Å². The van der Waals surface area contributed by atoms with E-state index in [0.29, 0.717) is 12.4 Å². The summed E-state index contributed by atoms with van der Waals surface area (Å²) in [5, 5.41) is 8.83. The average molecular weight is 308 g/mol. The van der Waals surface area contributed by atoms with Gasteiger partial charge in [-0.2, -0.15) is 0 Å². The summed E-state index contributed by atoms with van der Waals surface area (Å²) in [7, 11) is 0. The second-order valence-electron chi connectivity index (χ2n) is 3.57. The maximum absolute atomic E-state index is 10.8. The molecule has 0 unspecified atom stereocenters. The number of rotatable bonds is 4. The summed E-state index contributed by atoms with van der Waals surface area (Å²) >= 11 is 3.38. The monoisotopic (exact) mass is 307 g/mol. The first-order valence-electron chi connectivity index (χ1n) is 5.22. The molecule has 5 heteroatoms. The summed E-state index contributed by atoms with van der Waals surface area (Å²) in [5.74, 6) is -0.330. The number of nitrogens with zero attached hydrogens (tertiary/aromatic N) is 1. The van der Waals surface area contributed by atoms with Gasteiger partial charge in [0.2, 0.25) is 0 Å². The standard InChI is InChI=1S/C13H10BrNO3/c14-10-3-1-2-4-12(10)18-8-9-5-6-15-11(7-9)13(16)17/h1-7H,8H2,(H,16,17). The molecule has 18 heavy (non-hydrogen) atoms. The number of benzene rings is 1. The number of hydrogen-bond donors (Lipinski definition) is 1. The van der Waals surface area contributed by atoms with Gasteiger partial charge in [0, 0.05) is 6.20 Å². The summed E-state index contributed by atoms with van der Waals surface area (Å²) in [6.07, 6.45) is 1.46. The van der Waals surface area contributed by atoms with Crippen LogP contribution in [0.5, 0.6) is 5.75 Å². The highest BCUT2D eigenvalue weighted by atomic mass is 79.9. The number of aromatic carboxylic acids is 1.